The predicted molar refractivity (Wildman–Crippen MR) is 109 cm³/mol. The lowest BCUT2D eigenvalue weighted by Crippen LogP contribution is -2.45. The third-order valence-corrected chi connectivity index (χ3v) is 6.14. The third-order valence-electron chi connectivity index (χ3n) is 5.28. The smallest absolute Gasteiger partial charge is 0.246 e. The van der Waals surface area contributed by atoms with E-state index in [9.17, 15) is 8.42 Å². The molecule has 1 fully saturated rings. The van der Waals surface area contributed by atoms with Crippen LogP contribution in [0.4, 0.5) is 5.82 Å². The van der Waals surface area contributed by atoms with E-state index in [0.29, 0.717) is 6.54 Å². The van der Waals surface area contributed by atoms with E-state index in [1.165, 1.54) is 0 Å². The van der Waals surface area contributed by atoms with Gasteiger partial charge in [-0.2, -0.15) is 0 Å². The molecule has 2 aliphatic rings. The highest BCUT2D eigenvalue weighted by Gasteiger charge is 2.24. The minimum Gasteiger partial charge on any atom is -0.372 e. The topological polar surface area (TPSA) is 88.5 Å². The van der Waals surface area contributed by atoms with Gasteiger partial charge in [-0.05, 0) is 25.5 Å². The van der Waals surface area contributed by atoms with Crippen molar-refractivity contribution >= 4 is 15.7 Å². The molecule has 0 aliphatic carbocycles. The minimum atomic E-state index is -3.37. The standard InChI is InChI=1S/C20H27N5O3S/c1-14-10-25(11-15(2)28-14)19-5-4-16(8-21-19)12-24-7-6-18-17(13-24)9-22-20(23-18)29(3,26)27/h4-5,8-9,14-15H,6-7,10-13H2,1-3H3. The number of nitrogens with zero attached hydrogens (tertiary/aromatic N) is 5. The van der Waals surface area contributed by atoms with E-state index >= 15 is 0 Å². The lowest BCUT2D eigenvalue weighted by Gasteiger charge is -2.36. The molecule has 4 rings (SSSR count). The molecule has 0 saturated carbocycles. The Morgan fingerprint density at radius 1 is 1.14 bits per heavy atom. The lowest BCUT2D eigenvalue weighted by atomic mass is 10.1. The van der Waals surface area contributed by atoms with Gasteiger partial charge in [0.25, 0.3) is 0 Å². The molecule has 0 radical (unpaired) electrons. The molecule has 8 nitrogen and oxygen atoms in total. The zero-order valence-electron chi connectivity index (χ0n) is 17.1. The Bertz CT molecular complexity index is 970. The van der Waals surface area contributed by atoms with Crippen molar-refractivity contribution in [1.82, 2.24) is 19.9 Å². The maximum atomic E-state index is 11.6. The molecule has 0 N–H and O–H groups in total. The Kier molecular flexibility index (Phi) is 5.54. The first-order valence-electron chi connectivity index (χ1n) is 9.90. The van der Waals surface area contributed by atoms with Crippen LogP contribution in [-0.2, 0) is 34.1 Å². The Morgan fingerprint density at radius 3 is 2.55 bits per heavy atom. The van der Waals surface area contributed by atoms with Crippen LogP contribution in [0.1, 0.15) is 30.7 Å². The fourth-order valence-electron chi connectivity index (χ4n) is 3.99. The van der Waals surface area contributed by atoms with Crippen molar-refractivity contribution in [2.24, 2.45) is 0 Å². The van der Waals surface area contributed by atoms with Crippen LogP contribution < -0.4 is 4.90 Å². The van der Waals surface area contributed by atoms with Gasteiger partial charge < -0.3 is 9.64 Å². The molecule has 2 unspecified atom stereocenters. The van der Waals surface area contributed by atoms with Crippen LogP contribution in [0.25, 0.3) is 0 Å². The Balaban J connectivity index is 1.40. The van der Waals surface area contributed by atoms with Crippen molar-refractivity contribution < 1.29 is 13.2 Å². The molecular formula is C20H27N5O3S. The molecular weight excluding hydrogens is 390 g/mol. The van der Waals surface area contributed by atoms with Crippen molar-refractivity contribution in [2.75, 3.05) is 30.8 Å². The van der Waals surface area contributed by atoms with Gasteiger partial charge in [-0.1, -0.05) is 6.07 Å². The van der Waals surface area contributed by atoms with E-state index in [1.807, 2.05) is 6.20 Å². The fraction of sp³-hybridized carbons (Fsp3) is 0.550. The highest BCUT2D eigenvalue weighted by molar-refractivity contribution is 7.90. The summed E-state index contributed by atoms with van der Waals surface area (Å²) in [5.74, 6) is 0.987. The average molecular weight is 418 g/mol. The van der Waals surface area contributed by atoms with Gasteiger partial charge in [0, 0.05) is 63.4 Å². The number of hydrogen-bond donors (Lipinski definition) is 0. The first-order chi connectivity index (χ1) is 13.8. The number of pyridine rings is 1. The van der Waals surface area contributed by atoms with Crippen LogP contribution in [0.2, 0.25) is 0 Å². The highest BCUT2D eigenvalue weighted by Crippen LogP contribution is 2.21. The maximum Gasteiger partial charge on any atom is 0.246 e. The molecule has 156 valence electrons. The summed E-state index contributed by atoms with van der Waals surface area (Å²) in [6.07, 6.45) is 5.86. The van der Waals surface area contributed by atoms with Gasteiger partial charge in [0.05, 0.1) is 17.9 Å². The summed E-state index contributed by atoms with van der Waals surface area (Å²) in [5.41, 5.74) is 2.98. The largest absolute Gasteiger partial charge is 0.372 e. The molecule has 29 heavy (non-hydrogen) atoms. The summed E-state index contributed by atoms with van der Waals surface area (Å²) in [6, 6.07) is 4.21. The molecule has 2 aromatic heterocycles. The second kappa shape index (κ2) is 7.97. The molecule has 0 aromatic carbocycles. The third kappa shape index (κ3) is 4.73. The average Bonchev–Trinajstić information content (AvgIpc) is 2.66. The Morgan fingerprint density at radius 2 is 1.90 bits per heavy atom. The van der Waals surface area contributed by atoms with Crippen molar-refractivity contribution in [3.05, 3.63) is 41.3 Å². The summed E-state index contributed by atoms with van der Waals surface area (Å²) < 4.78 is 29.1. The summed E-state index contributed by atoms with van der Waals surface area (Å²) >= 11 is 0. The SMILES string of the molecule is CC1CN(c2ccc(CN3CCc4nc(S(C)(=O)=O)ncc4C3)cn2)CC(C)O1. The van der Waals surface area contributed by atoms with Crippen LogP contribution in [0, 0.1) is 0 Å². The maximum absolute atomic E-state index is 11.6. The molecule has 2 aliphatic heterocycles. The van der Waals surface area contributed by atoms with E-state index < -0.39 is 9.84 Å². The Hall–Kier alpha value is -2.10. The van der Waals surface area contributed by atoms with Gasteiger partial charge in [-0.3, -0.25) is 4.90 Å². The highest BCUT2D eigenvalue weighted by atomic mass is 32.2. The fourth-order valence-corrected chi connectivity index (χ4v) is 4.51. The zero-order chi connectivity index (χ0) is 20.6. The minimum absolute atomic E-state index is 0.0868. The number of aromatic nitrogens is 3. The molecule has 0 spiro atoms. The van der Waals surface area contributed by atoms with Gasteiger partial charge in [-0.15, -0.1) is 0 Å². The second-order valence-electron chi connectivity index (χ2n) is 8.04. The number of rotatable bonds is 4. The van der Waals surface area contributed by atoms with E-state index in [2.05, 4.69) is 50.7 Å². The molecule has 4 heterocycles. The van der Waals surface area contributed by atoms with E-state index in [0.717, 1.165) is 61.5 Å². The Labute approximate surface area is 171 Å². The van der Waals surface area contributed by atoms with Crippen molar-refractivity contribution in [2.45, 2.75) is 50.7 Å². The predicted octanol–water partition coefficient (Wildman–Crippen LogP) is 1.45. The van der Waals surface area contributed by atoms with Crippen LogP contribution >= 0.6 is 0 Å². The van der Waals surface area contributed by atoms with Gasteiger partial charge in [0.2, 0.25) is 15.0 Å². The second-order valence-corrected chi connectivity index (χ2v) is 9.95. The first-order valence-corrected chi connectivity index (χ1v) is 11.8. The number of sulfone groups is 1. The number of anilines is 1. The normalized spacial score (nSPS) is 23.1. The zero-order valence-corrected chi connectivity index (χ0v) is 17.9. The number of morpholine rings is 1. The van der Waals surface area contributed by atoms with Gasteiger partial charge >= 0.3 is 0 Å². The van der Waals surface area contributed by atoms with Crippen molar-refractivity contribution in [3.63, 3.8) is 0 Å². The molecule has 0 bridgehead atoms. The molecule has 9 heteroatoms. The quantitative estimate of drug-likeness (QED) is 0.691. The molecule has 2 aromatic rings. The van der Waals surface area contributed by atoms with Crippen molar-refractivity contribution in [3.8, 4) is 0 Å². The van der Waals surface area contributed by atoms with Crippen LogP contribution in [-0.4, -0.2) is 66.4 Å². The molecule has 1 saturated heterocycles. The number of ether oxygens (including phenoxy) is 1. The number of hydrogen-bond acceptors (Lipinski definition) is 8. The summed E-state index contributed by atoms with van der Waals surface area (Å²) in [6.45, 7) is 8.22. The summed E-state index contributed by atoms with van der Waals surface area (Å²) in [4.78, 5) is 17.5. The monoisotopic (exact) mass is 417 g/mol. The molecule has 2 atom stereocenters. The molecule has 0 amide bonds. The van der Waals surface area contributed by atoms with Gasteiger partial charge in [-0.25, -0.2) is 23.4 Å². The van der Waals surface area contributed by atoms with Crippen molar-refractivity contribution in [1.29, 1.82) is 0 Å². The number of fused-ring (bicyclic) bond motifs is 1. The van der Waals surface area contributed by atoms with Crippen LogP contribution in [0.5, 0.6) is 0 Å². The van der Waals surface area contributed by atoms with E-state index in [-0.39, 0.29) is 17.4 Å². The van der Waals surface area contributed by atoms with Gasteiger partial charge in [0.1, 0.15) is 5.82 Å². The summed E-state index contributed by atoms with van der Waals surface area (Å²) in [7, 11) is -3.37. The lowest BCUT2D eigenvalue weighted by molar-refractivity contribution is -0.00546. The van der Waals surface area contributed by atoms with Crippen LogP contribution in [0.3, 0.4) is 0 Å². The van der Waals surface area contributed by atoms with E-state index in [1.54, 1.807) is 6.20 Å². The van der Waals surface area contributed by atoms with Crippen LogP contribution in [0.15, 0.2) is 29.7 Å². The first kappa shape index (κ1) is 20.2. The summed E-state index contributed by atoms with van der Waals surface area (Å²) in [5, 5.41) is -0.0868. The van der Waals surface area contributed by atoms with Gasteiger partial charge in [0.15, 0.2) is 0 Å². The van der Waals surface area contributed by atoms with E-state index in [4.69, 9.17) is 4.74 Å².